The lowest BCUT2D eigenvalue weighted by Gasteiger charge is -2.25. The predicted octanol–water partition coefficient (Wildman–Crippen LogP) is 3.37. The van der Waals surface area contributed by atoms with Gasteiger partial charge in [0.15, 0.2) is 0 Å². The molecule has 0 saturated carbocycles. The molecule has 1 amide bonds. The predicted molar refractivity (Wildman–Crippen MR) is 115 cm³/mol. The summed E-state index contributed by atoms with van der Waals surface area (Å²) in [5.41, 5.74) is 0.522. The minimum Gasteiger partial charge on any atom is -0.507 e. The summed E-state index contributed by atoms with van der Waals surface area (Å²) >= 11 is 0. The van der Waals surface area contributed by atoms with Crippen molar-refractivity contribution in [3.63, 3.8) is 0 Å². The number of nitro benzene ring substituents is 1. The van der Waals surface area contributed by atoms with Crippen LogP contribution >= 0.6 is 0 Å². The smallest absolute Gasteiger partial charge is 0.295 e. The van der Waals surface area contributed by atoms with Gasteiger partial charge in [-0.15, -0.1) is 0 Å². The number of aliphatic hydroxyl groups excluding tert-OH is 1. The van der Waals surface area contributed by atoms with Crippen molar-refractivity contribution in [3.05, 3.63) is 99.6 Å². The quantitative estimate of drug-likeness (QED) is 0.194. The number of carbonyl (C=O) groups is 2. The highest BCUT2D eigenvalue weighted by Crippen LogP contribution is 2.40. The van der Waals surface area contributed by atoms with E-state index >= 15 is 0 Å². The lowest BCUT2D eigenvalue weighted by molar-refractivity contribution is -0.384. The van der Waals surface area contributed by atoms with Gasteiger partial charge < -0.3 is 15.0 Å². The third-order valence-electron chi connectivity index (χ3n) is 5.35. The number of nitrogens with one attached hydrogen (secondary N) is 1. The van der Waals surface area contributed by atoms with Crippen LogP contribution in [0.1, 0.15) is 29.4 Å². The zero-order chi connectivity index (χ0) is 22.7. The summed E-state index contributed by atoms with van der Waals surface area (Å²) < 4.78 is 0. The minimum atomic E-state index is -0.938. The van der Waals surface area contributed by atoms with Crippen molar-refractivity contribution >= 4 is 23.1 Å². The van der Waals surface area contributed by atoms with Gasteiger partial charge in [0, 0.05) is 43.1 Å². The molecule has 0 spiro atoms. The Bertz CT molecular complexity index is 1190. The van der Waals surface area contributed by atoms with Crippen LogP contribution in [-0.4, -0.2) is 43.1 Å². The van der Waals surface area contributed by atoms with Crippen molar-refractivity contribution in [2.45, 2.75) is 18.9 Å². The second kappa shape index (κ2) is 8.84. The molecule has 1 aliphatic heterocycles. The first-order chi connectivity index (χ1) is 15.5. The Balaban J connectivity index is 1.76. The second-order valence-electron chi connectivity index (χ2n) is 7.35. The van der Waals surface area contributed by atoms with E-state index in [1.54, 1.807) is 48.8 Å². The number of carbonyl (C=O) groups excluding carboxylic acids is 2. The number of ketones is 1. The minimum absolute atomic E-state index is 0.0836. The molecule has 0 aliphatic carbocycles. The first-order valence-electron chi connectivity index (χ1n) is 10.0. The molecule has 2 aromatic carbocycles. The Labute approximate surface area is 183 Å². The van der Waals surface area contributed by atoms with E-state index in [0.29, 0.717) is 24.0 Å². The van der Waals surface area contributed by atoms with E-state index in [0.717, 1.165) is 5.82 Å². The zero-order valence-electron chi connectivity index (χ0n) is 17.0. The number of likely N-dealkylation sites (tertiary alicyclic amines) is 1. The zero-order valence-corrected chi connectivity index (χ0v) is 17.0. The Hall–Kier alpha value is -4.27. The summed E-state index contributed by atoms with van der Waals surface area (Å²) in [5, 5.41) is 22.2. The number of aliphatic hydroxyl groups is 1. The molecule has 2 N–H and O–H groups in total. The lowest BCUT2D eigenvalue weighted by Crippen LogP contribution is -2.31. The molecule has 32 heavy (non-hydrogen) atoms. The number of amides is 1. The van der Waals surface area contributed by atoms with E-state index in [1.807, 2.05) is 0 Å². The first-order valence-corrected chi connectivity index (χ1v) is 10.0. The normalized spacial score (nSPS) is 17.6. The van der Waals surface area contributed by atoms with Crippen LogP contribution < -0.4 is 0 Å². The maximum Gasteiger partial charge on any atom is 0.295 e. The Morgan fingerprint density at radius 3 is 2.62 bits per heavy atom. The molecule has 2 heterocycles. The van der Waals surface area contributed by atoms with Crippen LogP contribution in [0.3, 0.4) is 0 Å². The van der Waals surface area contributed by atoms with E-state index in [4.69, 9.17) is 0 Å². The Kier molecular flexibility index (Phi) is 5.80. The van der Waals surface area contributed by atoms with Gasteiger partial charge in [0.2, 0.25) is 0 Å². The van der Waals surface area contributed by atoms with Crippen molar-refractivity contribution in [2.75, 3.05) is 6.54 Å². The van der Waals surface area contributed by atoms with Gasteiger partial charge in [0.1, 0.15) is 11.6 Å². The van der Waals surface area contributed by atoms with E-state index < -0.39 is 22.7 Å². The number of aromatic amines is 1. The number of hydrogen-bond donors (Lipinski definition) is 2. The number of nitrogens with zero attached hydrogens (tertiary/aromatic N) is 3. The number of aromatic nitrogens is 2. The van der Waals surface area contributed by atoms with Gasteiger partial charge in [-0.2, -0.15) is 0 Å². The molecule has 1 aliphatic rings. The van der Waals surface area contributed by atoms with Gasteiger partial charge in [-0.25, -0.2) is 4.98 Å². The number of benzene rings is 2. The number of aryl methyl sites for hydroxylation is 1. The fraction of sp³-hybridized carbons (Fsp3) is 0.174. The highest BCUT2D eigenvalue weighted by Gasteiger charge is 2.46. The summed E-state index contributed by atoms with van der Waals surface area (Å²) in [6, 6.07) is 13.3. The summed E-state index contributed by atoms with van der Waals surface area (Å²) in [6.45, 7) is 0.213. The topological polar surface area (TPSA) is 129 Å². The van der Waals surface area contributed by atoms with Crippen LogP contribution in [0.15, 0.2) is 72.6 Å². The number of hydrogen-bond acceptors (Lipinski definition) is 6. The molecular formula is C23H20N4O5. The van der Waals surface area contributed by atoms with Gasteiger partial charge in [0.05, 0.1) is 16.5 Å². The molecule has 1 atom stereocenters. The van der Waals surface area contributed by atoms with Crippen LogP contribution in [-0.2, 0) is 16.0 Å². The molecule has 1 saturated heterocycles. The van der Waals surface area contributed by atoms with Gasteiger partial charge in [0.25, 0.3) is 17.4 Å². The molecule has 1 unspecified atom stereocenters. The van der Waals surface area contributed by atoms with Gasteiger partial charge in [-0.3, -0.25) is 19.7 Å². The monoisotopic (exact) mass is 432 g/mol. The summed E-state index contributed by atoms with van der Waals surface area (Å²) in [5.74, 6) is -1.13. The number of H-pyrrole nitrogens is 1. The number of Topliss-reactive ketones (excluding diaryl/α,β-unsaturated/α-hetero) is 1. The number of rotatable bonds is 7. The van der Waals surface area contributed by atoms with Crippen molar-refractivity contribution in [1.82, 2.24) is 14.9 Å². The second-order valence-corrected chi connectivity index (χ2v) is 7.35. The Morgan fingerprint density at radius 2 is 1.94 bits per heavy atom. The van der Waals surface area contributed by atoms with E-state index in [-0.39, 0.29) is 23.6 Å². The number of non-ortho nitro benzene ring substituents is 1. The number of imidazole rings is 1. The highest BCUT2D eigenvalue weighted by molar-refractivity contribution is 6.46. The molecule has 3 aromatic rings. The molecule has 9 heteroatoms. The van der Waals surface area contributed by atoms with Crippen molar-refractivity contribution in [3.8, 4) is 0 Å². The fourth-order valence-corrected chi connectivity index (χ4v) is 3.87. The van der Waals surface area contributed by atoms with Crippen LogP contribution in [0, 0.1) is 10.1 Å². The molecule has 0 radical (unpaired) electrons. The first kappa shape index (κ1) is 21.0. The SMILES string of the molecule is O=C1C(=O)N(CCCc2ncc[nH]2)C(c2cccc([N+](=O)[O-])c2)/C1=C(\O)c1ccccc1. The standard InChI is InChI=1S/C23H20N4O5/c28-21(15-6-2-1-3-7-15)19-20(16-8-4-9-17(14-16)27(31)32)26(23(30)22(19)29)13-5-10-18-24-11-12-25-18/h1-4,6-9,11-12,14,20,28H,5,10,13H2,(H,24,25)/b21-19+. The molecule has 162 valence electrons. The summed E-state index contributed by atoms with van der Waals surface area (Å²) in [4.78, 5) is 45.2. The van der Waals surface area contributed by atoms with Crippen molar-refractivity contribution in [1.29, 1.82) is 0 Å². The van der Waals surface area contributed by atoms with E-state index in [1.165, 1.54) is 23.1 Å². The molecule has 1 aromatic heterocycles. The molecule has 4 rings (SSSR count). The Morgan fingerprint density at radius 1 is 1.16 bits per heavy atom. The summed E-state index contributed by atoms with van der Waals surface area (Å²) in [7, 11) is 0. The third kappa shape index (κ3) is 4.00. The lowest BCUT2D eigenvalue weighted by atomic mass is 9.95. The van der Waals surface area contributed by atoms with Gasteiger partial charge in [-0.05, 0) is 12.0 Å². The van der Waals surface area contributed by atoms with Crippen LogP contribution in [0.25, 0.3) is 5.76 Å². The molecule has 1 fully saturated rings. The maximum absolute atomic E-state index is 13.0. The fourth-order valence-electron chi connectivity index (χ4n) is 3.87. The van der Waals surface area contributed by atoms with E-state index in [2.05, 4.69) is 9.97 Å². The maximum atomic E-state index is 13.0. The number of nitro groups is 1. The molecular weight excluding hydrogens is 412 g/mol. The van der Waals surface area contributed by atoms with Crippen LogP contribution in [0.5, 0.6) is 0 Å². The molecule has 0 bridgehead atoms. The third-order valence-corrected chi connectivity index (χ3v) is 5.35. The van der Waals surface area contributed by atoms with Crippen LogP contribution in [0.4, 0.5) is 5.69 Å². The highest BCUT2D eigenvalue weighted by atomic mass is 16.6. The molecule has 9 nitrogen and oxygen atoms in total. The average Bonchev–Trinajstić information content (AvgIpc) is 3.41. The van der Waals surface area contributed by atoms with Gasteiger partial charge >= 0.3 is 0 Å². The summed E-state index contributed by atoms with van der Waals surface area (Å²) in [6.07, 6.45) is 4.39. The van der Waals surface area contributed by atoms with Crippen LogP contribution in [0.2, 0.25) is 0 Å². The largest absolute Gasteiger partial charge is 0.507 e. The van der Waals surface area contributed by atoms with Gasteiger partial charge in [-0.1, -0.05) is 42.5 Å². The van der Waals surface area contributed by atoms with E-state index in [9.17, 15) is 24.8 Å². The van der Waals surface area contributed by atoms with Crippen molar-refractivity contribution in [2.24, 2.45) is 0 Å². The average molecular weight is 432 g/mol. The van der Waals surface area contributed by atoms with Crippen molar-refractivity contribution < 1.29 is 19.6 Å².